The predicted octanol–water partition coefficient (Wildman–Crippen LogP) is 3.25. The first-order chi connectivity index (χ1) is 14.7. The van der Waals surface area contributed by atoms with Crippen LogP contribution >= 0.6 is 11.3 Å². The van der Waals surface area contributed by atoms with Crippen LogP contribution in [0.15, 0.2) is 59.5 Å². The number of para-hydroxylation sites is 2. The molecule has 1 heterocycles. The standard InChI is InChI=1S/C21H21N3O5S2/c1-13-11-17(14(2)30-13)21(26)23-22-20(25)15-7-6-8-16(12-15)31(27,28)24-18-9-4-5-10-19(18)29-3/h4-12,24H,1-3H3,(H,22,25)(H,23,26). The van der Waals surface area contributed by atoms with E-state index in [1.54, 1.807) is 30.3 Å². The fourth-order valence-electron chi connectivity index (χ4n) is 2.85. The third-order valence-corrected chi connectivity index (χ3v) is 6.66. The van der Waals surface area contributed by atoms with Crippen molar-refractivity contribution in [2.45, 2.75) is 18.7 Å². The lowest BCUT2D eigenvalue weighted by Gasteiger charge is -2.12. The average molecular weight is 460 g/mol. The van der Waals surface area contributed by atoms with Gasteiger partial charge in [-0.2, -0.15) is 0 Å². The Morgan fingerprint density at radius 2 is 1.65 bits per heavy atom. The lowest BCUT2D eigenvalue weighted by Crippen LogP contribution is -2.41. The Bertz CT molecular complexity index is 1240. The molecule has 0 atom stereocenters. The van der Waals surface area contributed by atoms with Crippen molar-refractivity contribution in [3.8, 4) is 5.75 Å². The van der Waals surface area contributed by atoms with E-state index in [4.69, 9.17) is 4.74 Å². The Morgan fingerprint density at radius 3 is 2.32 bits per heavy atom. The highest BCUT2D eigenvalue weighted by molar-refractivity contribution is 7.92. The second-order valence-corrected chi connectivity index (χ2v) is 9.71. The number of carbonyl (C=O) groups is 2. The minimum Gasteiger partial charge on any atom is -0.495 e. The highest BCUT2D eigenvalue weighted by atomic mass is 32.2. The quantitative estimate of drug-likeness (QED) is 0.490. The van der Waals surface area contributed by atoms with Gasteiger partial charge in [-0.15, -0.1) is 11.3 Å². The lowest BCUT2D eigenvalue weighted by molar-refractivity contribution is 0.0846. The zero-order valence-electron chi connectivity index (χ0n) is 17.1. The monoisotopic (exact) mass is 459 g/mol. The van der Waals surface area contributed by atoms with Crippen molar-refractivity contribution in [1.29, 1.82) is 0 Å². The molecule has 1 aromatic heterocycles. The normalized spacial score (nSPS) is 10.9. The van der Waals surface area contributed by atoms with Gasteiger partial charge in [0.25, 0.3) is 21.8 Å². The number of thiophene rings is 1. The van der Waals surface area contributed by atoms with E-state index >= 15 is 0 Å². The minimum atomic E-state index is -3.98. The largest absolute Gasteiger partial charge is 0.495 e. The highest BCUT2D eigenvalue weighted by Crippen LogP contribution is 2.26. The summed E-state index contributed by atoms with van der Waals surface area (Å²) in [5.74, 6) is -0.731. The number of aryl methyl sites for hydroxylation is 2. The van der Waals surface area contributed by atoms with Crippen molar-refractivity contribution in [3.05, 3.63) is 75.5 Å². The van der Waals surface area contributed by atoms with E-state index in [1.165, 1.54) is 42.7 Å². The van der Waals surface area contributed by atoms with Crippen LogP contribution in [0.3, 0.4) is 0 Å². The number of rotatable bonds is 6. The molecule has 3 N–H and O–H groups in total. The van der Waals surface area contributed by atoms with E-state index in [-0.39, 0.29) is 16.1 Å². The molecule has 8 nitrogen and oxygen atoms in total. The number of benzene rings is 2. The van der Waals surface area contributed by atoms with Gasteiger partial charge >= 0.3 is 0 Å². The Labute approximate surface area is 184 Å². The van der Waals surface area contributed by atoms with E-state index in [0.29, 0.717) is 11.3 Å². The lowest BCUT2D eigenvalue weighted by atomic mass is 10.2. The highest BCUT2D eigenvalue weighted by Gasteiger charge is 2.19. The summed E-state index contributed by atoms with van der Waals surface area (Å²) in [5, 5.41) is 0. The molecular weight excluding hydrogens is 438 g/mol. The summed E-state index contributed by atoms with van der Waals surface area (Å²) < 4.78 is 33.1. The second kappa shape index (κ2) is 9.19. The molecule has 0 saturated carbocycles. The molecular formula is C21H21N3O5S2. The predicted molar refractivity (Wildman–Crippen MR) is 119 cm³/mol. The van der Waals surface area contributed by atoms with Crippen molar-refractivity contribution >= 4 is 38.9 Å². The number of anilines is 1. The molecule has 0 aliphatic carbocycles. The number of carbonyl (C=O) groups excluding carboxylic acids is 2. The summed E-state index contributed by atoms with van der Waals surface area (Å²) in [4.78, 5) is 26.4. The molecule has 0 fully saturated rings. The van der Waals surface area contributed by atoms with Crippen LogP contribution < -0.4 is 20.3 Å². The van der Waals surface area contributed by atoms with Crippen LogP contribution in [0.25, 0.3) is 0 Å². The zero-order valence-corrected chi connectivity index (χ0v) is 18.7. The molecule has 0 aliphatic heterocycles. The maximum Gasteiger partial charge on any atom is 0.270 e. The fraction of sp³-hybridized carbons (Fsp3) is 0.143. The van der Waals surface area contributed by atoms with Gasteiger partial charge in [0.2, 0.25) is 0 Å². The fourth-order valence-corrected chi connectivity index (χ4v) is 4.88. The van der Waals surface area contributed by atoms with Crippen LogP contribution in [0, 0.1) is 13.8 Å². The van der Waals surface area contributed by atoms with Gasteiger partial charge in [-0.1, -0.05) is 18.2 Å². The maximum absolute atomic E-state index is 12.8. The molecule has 31 heavy (non-hydrogen) atoms. The van der Waals surface area contributed by atoms with Crippen molar-refractivity contribution in [1.82, 2.24) is 10.9 Å². The van der Waals surface area contributed by atoms with Crippen LogP contribution in [0.4, 0.5) is 5.69 Å². The summed E-state index contributed by atoms with van der Waals surface area (Å²) in [5.41, 5.74) is 5.48. The number of hydrogen-bond acceptors (Lipinski definition) is 6. The Kier molecular flexibility index (Phi) is 6.62. The molecule has 0 aliphatic rings. The van der Waals surface area contributed by atoms with Crippen molar-refractivity contribution in [2.75, 3.05) is 11.8 Å². The number of ether oxygens (including phenoxy) is 1. The molecule has 0 saturated heterocycles. The summed E-state index contributed by atoms with van der Waals surface area (Å²) in [6.07, 6.45) is 0. The number of hydrazine groups is 1. The van der Waals surface area contributed by atoms with Crippen LogP contribution in [0.5, 0.6) is 5.75 Å². The Hall–Kier alpha value is -3.37. The first-order valence-corrected chi connectivity index (χ1v) is 11.4. The molecule has 0 bridgehead atoms. The number of nitrogens with one attached hydrogen (secondary N) is 3. The molecule has 0 radical (unpaired) electrons. The van der Waals surface area contributed by atoms with E-state index in [0.717, 1.165) is 9.75 Å². The van der Waals surface area contributed by atoms with Gasteiger partial charge in [0.15, 0.2) is 0 Å². The third kappa shape index (κ3) is 5.22. The molecule has 0 spiro atoms. The zero-order chi connectivity index (χ0) is 22.6. The van der Waals surface area contributed by atoms with Gasteiger partial charge in [0.1, 0.15) is 5.75 Å². The summed E-state index contributed by atoms with van der Waals surface area (Å²) >= 11 is 1.48. The molecule has 162 valence electrons. The molecule has 2 aromatic carbocycles. The second-order valence-electron chi connectivity index (χ2n) is 6.57. The van der Waals surface area contributed by atoms with Gasteiger partial charge in [0.05, 0.1) is 23.3 Å². The topological polar surface area (TPSA) is 114 Å². The smallest absolute Gasteiger partial charge is 0.270 e. The Morgan fingerprint density at radius 1 is 0.935 bits per heavy atom. The number of methoxy groups -OCH3 is 1. The molecule has 3 rings (SSSR count). The van der Waals surface area contributed by atoms with Gasteiger partial charge in [-0.25, -0.2) is 8.42 Å². The van der Waals surface area contributed by atoms with E-state index in [9.17, 15) is 18.0 Å². The Balaban J connectivity index is 1.73. The molecule has 10 heteroatoms. The molecule has 0 unspecified atom stereocenters. The van der Waals surface area contributed by atoms with Crippen molar-refractivity contribution < 1.29 is 22.7 Å². The third-order valence-electron chi connectivity index (χ3n) is 4.33. The van der Waals surface area contributed by atoms with E-state index < -0.39 is 21.8 Å². The number of amides is 2. The SMILES string of the molecule is COc1ccccc1NS(=O)(=O)c1cccc(C(=O)NNC(=O)c2cc(C)sc2C)c1. The van der Waals surface area contributed by atoms with E-state index in [2.05, 4.69) is 15.6 Å². The summed E-state index contributed by atoms with van der Waals surface area (Å²) in [6.45, 7) is 3.70. The first-order valence-electron chi connectivity index (χ1n) is 9.15. The van der Waals surface area contributed by atoms with Crippen LogP contribution in [-0.4, -0.2) is 27.3 Å². The summed E-state index contributed by atoms with van der Waals surface area (Å²) in [6, 6.07) is 13.8. The van der Waals surface area contributed by atoms with E-state index in [1.807, 2.05) is 13.8 Å². The van der Waals surface area contributed by atoms with Gasteiger partial charge in [-0.3, -0.25) is 25.2 Å². The molecule has 3 aromatic rings. The van der Waals surface area contributed by atoms with Gasteiger partial charge < -0.3 is 4.74 Å². The van der Waals surface area contributed by atoms with Crippen LogP contribution in [-0.2, 0) is 10.0 Å². The van der Waals surface area contributed by atoms with Crippen LogP contribution in [0.2, 0.25) is 0 Å². The minimum absolute atomic E-state index is 0.0708. The first kappa shape index (κ1) is 22.3. The summed E-state index contributed by atoms with van der Waals surface area (Å²) in [7, 11) is -2.54. The molecule has 2 amide bonds. The van der Waals surface area contributed by atoms with Gasteiger partial charge in [0, 0.05) is 15.3 Å². The number of hydrogen-bond donors (Lipinski definition) is 3. The van der Waals surface area contributed by atoms with Gasteiger partial charge in [-0.05, 0) is 50.2 Å². The average Bonchev–Trinajstić information content (AvgIpc) is 3.10. The number of sulfonamides is 1. The van der Waals surface area contributed by atoms with Crippen molar-refractivity contribution in [2.24, 2.45) is 0 Å². The maximum atomic E-state index is 12.8. The van der Waals surface area contributed by atoms with Crippen molar-refractivity contribution in [3.63, 3.8) is 0 Å². The van der Waals surface area contributed by atoms with Crippen LogP contribution in [0.1, 0.15) is 30.5 Å².